The van der Waals surface area contributed by atoms with E-state index in [1.54, 1.807) is 0 Å². The normalized spacial score (nSPS) is 20.0. The zero-order chi connectivity index (χ0) is 21.9. The fourth-order valence-corrected chi connectivity index (χ4v) is 5.47. The van der Waals surface area contributed by atoms with E-state index in [9.17, 15) is 4.79 Å². The molecule has 2 unspecified atom stereocenters. The van der Waals surface area contributed by atoms with Crippen LogP contribution in [0.25, 0.3) is 10.9 Å². The van der Waals surface area contributed by atoms with Gasteiger partial charge in [0.1, 0.15) is 0 Å². The third kappa shape index (κ3) is 4.14. The number of para-hydroxylation sites is 1. The largest absolute Gasteiger partial charge is 0.380 e. The summed E-state index contributed by atoms with van der Waals surface area (Å²) in [5.74, 6) is 0.407. The quantitative estimate of drug-likeness (QED) is 0.563. The van der Waals surface area contributed by atoms with Crippen LogP contribution < -0.4 is 10.2 Å². The van der Waals surface area contributed by atoms with Gasteiger partial charge in [0, 0.05) is 67.1 Å². The Morgan fingerprint density at radius 3 is 2.75 bits per heavy atom. The summed E-state index contributed by atoms with van der Waals surface area (Å²) in [4.78, 5) is 21.7. The van der Waals surface area contributed by atoms with E-state index in [0.29, 0.717) is 12.2 Å². The highest BCUT2D eigenvalue weighted by Gasteiger charge is 2.36. The molecule has 0 saturated carbocycles. The standard InChI is InChI=1S/C27H34N4O/c1-2-3-11-26(32)27(24-13-12-20-7-4-5-8-22(20)29-24)31-18-16-30(17-19-31)25-10-6-9-23-21(25)14-15-28-23/h4-10,14-15,24,27-29H,2-3,11-13,16-19H2,1H3. The molecule has 1 fully saturated rings. The fourth-order valence-electron chi connectivity index (χ4n) is 5.47. The molecule has 5 nitrogen and oxygen atoms in total. The highest BCUT2D eigenvalue weighted by Crippen LogP contribution is 2.30. The lowest BCUT2D eigenvalue weighted by molar-refractivity contribution is -0.125. The molecule has 1 aromatic heterocycles. The molecule has 2 N–H and O–H groups in total. The van der Waals surface area contributed by atoms with Crippen molar-refractivity contribution in [2.75, 3.05) is 36.4 Å². The van der Waals surface area contributed by atoms with E-state index in [1.165, 1.54) is 27.8 Å². The monoisotopic (exact) mass is 430 g/mol. The van der Waals surface area contributed by atoms with Gasteiger partial charge in [-0.1, -0.05) is 37.6 Å². The molecule has 2 atom stereocenters. The first-order valence-electron chi connectivity index (χ1n) is 12.2. The fraction of sp³-hybridized carbons (Fsp3) is 0.444. The summed E-state index contributed by atoms with van der Waals surface area (Å²) in [5.41, 5.74) is 5.05. The Morgan fingerprint density at radius 1 is 1.06 bits per heavy atom. The van der Waals surface area contributed by atoms with Crippen LogP contribution in [0.4, 0.5) is 11.4 Å². The molecule has 3 heterocycles. The SMILES string of the molecule is CCCCC(=O)C(C1CCc2ccccc2N1)N1CCN(c2cccc3[nH]ccc23)CC1. The number of anilines is 2. The Hall–Kier alpha value is -2.79. The number of ketones is 1. The summed E-state index contributed by atoms with van der Waals surface area (Å²) in [6, 6.07) is 17.3. The maximum absolute atomic E-state index is 13.4. The van der Waals surface area contributed by atoms with Crippen molar-refractivity contribution in [2.24, 2.45) is 0 Å². The number of hydrogen-bond donors (Lipinski definition) is 2. The summed E-state index contributed by atoms with van der Waals surface area (Å²) >= 11 is 0. The number of hydrogen-bond acceptors (Lipinski definition) is 4. The molecule has 0 spiro atoms. The van der Waals surface area contributed by atoms with Gasteiger partial charge in [0.05, 0.1) is 6.04 Å². The Balaban J connectivity index is 1.33. The second-order valence-corrected chi connectivity index (χ2v) is 9.20. The van der Waals surface area contributed by atoms with E-state index in [0.717, 1.165) is 51.9 Å². The summed E-state index contributed by atoms with van der Waals surface area (Å²) in [6.07, 6.45) is 6.80. The van der Waals surface area contributed by atoms with Gasteiger partial charge in [0.2, 0.25) is 0 Å². The first kappa shape index (κ1) is 21.1. The van der Waals surface area contributed by atoms with Crippen molar-refractivity contribution in [1.29, 1.82) is 0 Å². The number of nitrogens with one attached hydrogen (secondary N) is 2. The molecule has 1 saturated heterocycles. The summed E-state index contributed by atoms with van der Waals surface area (Å²) in [7, 11) is 0. The Labute approximate surface area is 190 Å². The Kier molecular flexibility index (Phi) is 6.17. The number of H-pyrrole nitrogens is 1. The molecule has 168 valence electrons. The number of aromatic amines is 1. The van der Waals surface area contributed by atoms with Gasteiger partial charge in [0.15, 0.2) is 5.78 Å². The van der Waals surface area contributed by atoms with Crippen LogP contribution >= 0.6 is 0 Å². The Morgan fingerprint density at radius 2 is 1.91 bits per heavy atom. The van der Waals surface area contributed by atoms with Gasteiger partial charge in [-0.25, -0.2) is 0 Å². The first-order chi connectivity index (χ1) is 15.7. The van der Waals surface area contributed by atoms with Crippen LogP contribution in [0.5, 0.6) is 0 Å². The number of fused-ring (bicyclic) bond motifs is 2. The van der Waals surface area contributed by atoms with Crippen LogP contribution in [0.2, 0.25) is 0 Å². The number of unbranched alkanes of at least 4 members (excludes halogenated alkanes) is 1. The first-order valence-corrected chi connectivity index (χ1v) is 12.2. The molecule has 5 heteroatoms. The minimum absolute atomic E-state index is 0.0416. The van der Waals surface area contributed by atoms with E-state index < -0.39 is 0 Å². The van der Waals surface area contributed by atoms with E-state index in [4.69, 9.17) is 0 Å². The van der Waals surface area contributed by atoms with Crippen molar-refractivity contribution >= 4 is 28.1 Å². The van der Waals surface area contributed by atoms with Crippen LogP contribution in [-0.4, -0.2) is 53.9 Å². The van der Waals surface area contributed by atoms with Crippen LogP contribution in [0, 0.1) is 0 Å². The topological polar surface area (TPSA) is 51.4 Å². The van der Waals surface area contributed by atoms with Crippen molar-refractivity contribution in [3.63, 3.8) is 0 Å². The Bertz CT molecular complexity index is 1070. The van der Waals surface area contributed by atoms with Crippen LogP contribution in [0.1, 0.15) is 38.2 Å². The van der Waals surface area contributed by atoms with Crippen molar-refractivity contribution in [1.82, 2.24) is 9.88 Å². The van der Waals surface area contributed by atoms with Crippen molar-refractivity contribution in [3.05, 3.63) is 60.3 Å². The average Bonchev–Trinajstić information content (AvgIpc) is 3.32. The van der Waals surface area contributed by atoms with Crippen LogP contribution in [0.15, 0.2) is 54.7 Å². The predicted molar refractivity (Wildman–Crippen MR) is 133 cm³/mol. The number of aromatic nitrogens is 1. The van der Waals surface area contributed by atoms with E-state index >= 15 is 0 Å². The molecular formula is C27H34N4O. The molecule has 0 bridgehead atoms. The number of nitrogens with zero attached hydrogens (tertiary/aromatic N) is 2. The summed E-state index contributed by atoms with van der Waals surface area (Å²) in [6.45, 7) is 5.90. The lowest BCUT2D eigenvalue weighted by Crippen LogP contribution is -2.58. The molecule has 0 amide bonds. The van der Waals surface area contributed by atoms with Gasteiger partial charge in [-0.3, -0.25) is 9.69 Å². The average molecular weight is 431 g/mol. The molecule has 32 heavy (non-hydrogen) atoms. The number of piperazine rings is 1. The third-order valence-corrected chi connectivity index (χ3v) is 7.19. The number of aryl methyl sites for hydroxylation is 1. The van der Waals surface area contributed by atoms with Crippen molar-refractivity contribution < 1.29 is 4.79 Å². The number of carbonyl (C=O) groups is 1. The van der Waals surface area contributed by atoms with Gasteiger partial charge in [-0.15, -0.1) is 0 Å². The lowest BCUT2D eigenvalue weighted by atomic mass is 9.89. The number of rotatable bonds is 7. The minimum Gasteiger partial charge on any atom is -0.380 e. The van der Waals surface area contributed by atoms with E-state index in [1.807, 2.05) is 6.20 Å². The van der Waals surface area contributed by atoms with Gasteiger partial charge in [0.25, 0.3) is 0 Å². The molecule has 5 rings (SSSR count). The lowest BCUT2D eigenvalue weighted by Gasteiger charge is -2.44. The molecule has 0 radical (unpaired) electrons. The van der Waals surface area contributed by atoms with E-state index in [-0.39, 0.29) is 12.1 Å². The molecule has 3 aromatic rings. The summed E-state index contributed by atoms with van der Waals surface area (Å²) < 4.78 is 0. The predicted octanol–water partition coefficient (Wildman–Crippen LogP) is 4.84. The zero-order valence-electron chi connectivity index (χ0n) is 19.0. The van der Waals surface area contributed by atoms with Gasteiger partial charge < -0.3 is 15.2 Å². The zero-order valence-corrected chi connectivity index (χ0v) is 19.0. The number of Topliss-reactive ketones (excluding diaryl/α,β-unsaturated/α-hetero) is 1. The molecule has 0 aliphatic carbocycles. The highest BCUT2D eigenvalue weighted by molar-refractivity contribution is 5.92. The van der Waals surface area contributed by atoms with Crippen molar-refractivity contribution in [3.8, 4) is 0 Å². The molecule has 2 aromatic carbocycles. The van der Waals surface area contributed by atoms with Crippen LogP contribution in [0.3, 0.4) is 0 Å². The maximum atomic E-state index is 13.4. The van der Waals surface area contributed by atoms with Gasteiger partial charge in [-0.2, -0.15) is 0 Å². The minimum atomic E-state index is -0.0416. The van der Waals surface area contributed by atoms with Crippen LogP contribution in [-0.2, 0) is 11.2 Å². The molecule has 2 aliphatic rings. The molecule has 2 aliphatic heterocycles. The summed E-state index contributed by atoms with van der Waals surface area (Å²) in [5, 5.41) is 5.01. The molecular weight excluding hydrogens is 396 g/mol. The second kappa shape index (κ2) is 9.37. The number of benzene rings is 2. The van der Waals surface area contributed by atoms with Crippen molar-refractivity contribution in [2.45, 2.75) is 51.1 Å². The van der Waals surface area contributed by atoms with E-state index in [2.05, 4.69) is 75.6 Å². The smallest absolute Gasteiger partial charge is 0.152 e. The highest BCUT2D eigenvalue weighted by atomic mass is 16.1. The van der Waals surface area contributed by atoms with Gasteiger partial charge >= 0.3 is 0 Å². The second-order valence-electron chi connectivity index (χ2n) is 9.20. The maximum Gasteiger partial charge on any atom is 0.152 e. The van der Waals surface area contributed by atoms with Gasteiger partial charge in [-0.05, 0) is 49.1 Å². The third-order valence-electron chi connectivity index (χ3n) is 7.19. The number of carbonyl (C=O) groups excluding carboxylic acids is 1.